The number of aliphatic hydroxyl groups excluding tert-OH is 2. The summed E-state index contributed by atoms with van der Waals surface area (Å²) in [5.41, 5.74) is 0.536. The molecule has 0 bridgehead atoms. The molecule has 7 nitrogen and oxygen atoms in total. The number of fused-ring (bicyclic) bond motifs is 5. The number of hydrogen-bond acceptors (Lipinski definition) is 7. The normalized spacial score (nSPS) is 39.7. The Morgan fingerprint density at radius 1 is 1.31 bits per heavy atom. The number of carbonyl (C=O) groups excluding carboxylic acids is 2. The monoisotopic (exact) mass is 485 g/mol. The Kier molecular flexibility index (Phi) is 7.53. The molecule has 1 aromatic rings. The Bertz CT molecular complexity index is 970. The summed E-state index contributed by atoms with van der Waals surface area (Å²) < 4.78 is 5.35. The van der Waals surface area contributed by atoms with Crippen molar-refractivity contribution in [2.75, 3.05) is 13.2 Å². The molecule has 1 aromatic heterocycles. The Morgan fingerprint density at radius 3 is 2.71 bits per heavy atom. The second-order valence-corrected chi connectivity index (χ2v) is 11.2. The first kappa shape index (κ1) is 26.0. The molecular formula is C28H39NO6. The molecule has 0 radical (unpaired) electrons. The first-order chi connectivity index (χ1) is 16.7. The summed E-state index contributed by atoms with van der Waals surface area (Å²) >= 11 is 0. The van der Waals surface area contributed by atoms with E-state index in [4.69, 9.17) is 9.52 Å². The summed E-state index contributed by atoms with van der Waals surface area (Å²) in [5.74, 6) is 1.18. The van der Waals surface area contributed by atoms with Crippen molar-refractivity contribution in [3.63, 3.8) is 0 Å². The van der Waals surface area contributed by atoms with E-state index in [-0.39, 0.29) is 53.4 Å². The van der Waals surface area contributed by atoms with Crippen molar-refractivity contribution in [3.05, 3.63) is 48.0 Å². The highest BCUT2D eigenvalue weighted by molar-refractivity contribution is 6.01. The maximum atomic E-state index is 12.3. The molecule has 35 heavy (non-hydrogen) atoms. The van der Waals surface area contributed by atoms with E-state index in [1.165, 1.54) is 5.06 Å². The Labute approximate surface area is 207 Å². The van der Waals surface area contributed by atoms with E-state index in [1.807, 2.05) is 12.1 Å². The fourth-order valence-corrected chi connectivity index (χ4v) is 7.92. The zero-order valence-corrected chi connectivity index (χ0v) is 21.0. The van der Waals surface area contributed by atoms with Crippen molar-refractivity contribution in [1.29, 1.82) is 0 Å². The van der Waals surface area contributed by atoms with Gasteiger partial charge in [0.15, 0.2) is 5.78 Å². The molecule has 7 unspecified atom stereocenters. The number of hydrogen-bond donors (Lipinski definition) is 3. The SMILES string of the molecule is CC12C=CC(=O)C=C1CCC1C2C(O)CC2(C)C1C[C@@H](CN(O)Cc1ccco1)C2C=O.CCO. The highest BCUT2D eigenvalue weighted by Crippen LogP contribution is 2.66. The minimum absolute atomic E-state index is 0.0293. The lowest BCUT2D eigenvalue weighted by atomic mass is 9.47. The van der Waals surface area contributed by atoms with E-state index < -0.39 is 6.10 Å². The molecule has 1 heterocycles. The Morgan fingerprint density at radius 2 is 2.06 bits per heavy atom. The molecule has 0 spiro atoms. The summed E-state index contributed by atoms with van der Waals surface area (Å²) in [6.45, 7) is 6.95. The average Bonchev–Trinajstić information content (AvgIpc) is 3.39. The van der Waals surface area contributed by atoms with Gasteiger partial charge >= 0.3 is 0 Å². The predicted octanol–water partition coefficient (Wildman–Crippen LogP) is 3.79. The van der Waals surface area contributed by atoms with Gasteiger partial charge in [-0.3, -0.25) is 4.79 Å². The zero-order valence-electron chi connectivity index (χ0n) is 21.0. The minimum Gasteiger partial charge on any atom is -0.468 e. The number of hydroxylamine groups is 2. The first-order valence-electron chi connectivity index (χ1n) is 12.8. The van der Waals surface area contributed by atoms with Crippen LogP contribution in [0.15, 0.2) is 46.6 Å². The molecule has 3 saturated carbocycles. The molecule has 4 aliphatic carbocycles. The van der Waals surface area contributed by atoms with Crippen molar-refractivity contribution in [2.45, 2.75) is 59.1 Å². The smallest absolute Gasteiger partial charge is 0.178 e. The van der Waals surface area contributed by atoms with Crippen LogP contribution < -0.4 is 0 Å². The van der Waals surface area contributed by atoms with Crippen LogP contribution >= 0.6 is 0 Å². The average molecular weight is 486 g/mol. The molecule has 0 aromatic carbocycles. The molecule has 4 aliphatic rings. The summed E-state index contributed by atoms with van der Waals surface area (Å²) in [6, 6.07) is 3.62. The summed E-state index contributed by atoms with van der Waals surface area (Å²) in [7, 11) is 0. The van der Waals surface area contributed by atoms with Gasteiger partial charge in [0.1, 0.15) is 12.0 Å². The number of nitrogens with zero attached hydrogens (tertiary/aromatic N) is 1. The molecule has 0 aliphatic heterocycles. The minimum atomic E-state index is -0.526. The van der Waals surface area contributed by atoms with Crippen LogP contribution in [0.25, 0.3) is 0 Å². The number of aliphatic hydroxyl groups is 2. The van der Waals surface area contributed by atoms with Crippen molar-refractivity contribution in [1.82, 2.24) is 5.06 Å². The molecule has 3 N–H and O–H groups in total. The van der Waals surface area contributed by atoms with Crippen LogP contribution in [-0.4, -0.2) is 51.8 Å². The van der Waals surface area contributed by atoms with Crippen molar-refractivity contribution in [3.8, 4) is 0 Å². The van der Waals surface area contributed by atoms with Gasteiger partial charge < -0.3 is 24.6 Å². The summed E-state index contributed by atoms with van der Waals surface area (Å²) in [6.07, 6.45) is 10.8. The zero-order chi connectivity index (χ0) is 25.4. The largest absolute Gasteiger partial charge is 0.468 e. The second-order valence-electron chi connectivity index (χ2n) is 11.2. The number of furan rings is 1. The molecule has 3 fully saturated rings. The number of aldehydes is 1. The third-order valence-electron chi connectivity index (χ3n) is 9.27. The van der Waals surface area contributed by atoms with Crippen molar-refractivity contribution >= 4 is 12.1 Å². The van der Waals surface area contributed by atoms with E-state index in [9.17, 15) is 19.9 Å². The van der Waals surface area contributed by atoms with Crippen molar-refractivity contribution < 1.29 is 29.4 Å². The van der Waals surface area contributed by atoms with E-state index in [0.717, 1.165) is 31.1 Å². The van der Waals surface area contributed by atoms with Crippen LogP contribution in [0.4, 0.5) is 0 Å². The summed E-state index contributed by atoms with van der Waals surface area (Å²) in [4.78, 5) is 24.3. The van der Waals surface area contributed by atoms with Gasteiger partial charge in [0, 0.05) is 30.4 Å². The maximum Gasteiger partial charge on any atom is 0.178 e. The number of rotatable bonds is 5. The lowest BCUT2D eigenvalue weighted by Crippen LogP contribution is -2.56. The topological polar surface area (TPSA) is 111 Å². The van der Waals surface area contributed by atoms with Gasteiger partial charge in [-0.2, -0.15) is 5.06 Å². The molecule has 8 atom stereocenters. The second kappa shape index (κ2) is 10.1. The van der Waals surface area contributed by atoms with Gasteiger partial charge in [-0.1, -0.05) is 25.5 Å². The third-order valence-corrected chi connectivity index (χ3v) is 9.27. The Hall–Kier alpha value is -2.06. The molecule has 5 rings (SSSR count). The number of allylic oxidation sites excluding steroid dienone is 4. The third kappa shape index (κ3) is 4.59. The van der Waals surface area contributed by atoms with Gasteiger partial charge in [-0.05, 0) is 80.1 Å². The lowest BCUT2D eigenvalue weighted by Gasteiger charge is -2.58. The fraction of sp³-hybridized carbons (Fsp3) is 0.643. The van der Waals surface area contributed by atoms with Gasteiger partial charge in [0.25, 0.3) is 0 Å². The van der Waals surface area contributed by atoms with E-state index in [2.05, 4.69) is 13.8 Å². The highest BCUT2D eigenvalue weighted by atomic mass is 16.5. The van der Waals surface area contributed by atoms with Gasteiger partial charge in [-0.15, -0.1) is 0 Å². The standard InChI is InChI=1S/C26H33NO5.C2H6O/c1-25-8-7-18(29)11-17(25)5-6-20-21-10-16(13-27(31)14-19-4-3-9-32-19)22(15-28)26(21,2)12-23(30)24(20)25;1-2-3/h3-4,7-9,11,15-16,20-24,30-31H,5-6,10,12-14H2,1-2H3;3H,2H2,1H3/t16-,20?,21?,22?,23?,24?,25?,26?;/m0./s1. The highest BCUT2D eigenvalue weighted by Gasteiger charge is 2.63. The van der Waals surface area contributed by atoms with Gasteiger partial charge in [0.05, 0.1) is 18.9 Å². The quantitative estimate of drug-likeness (QED) is 0.430. The molecule has 192 valence electrons. The van der Waals surface area contributed by atoms with Gasteiger partial charge in [-0.25, -0.2) is 0 Å². The van der Waals surface area contributed by atoms with Crippen molar-refractivity contribution in [2.24, 2.45) is 40.4 Å². The number of ketones is 1. The van der Waals surface area contributed by atoms with Gasteiger partial charge in [0.2, 0.25) is 0 Å². The summed E-state index contributed by atoms with van der Waals surface area (Å²) in [5, 5.41) is 30.8. The molecule has 7 heteroatoms. The van der Waals surface area contributed by atoms with Crippen LogP contribution in [0.2, 0.25) is 0 Å². The van der Waals surface area contributed by atoms with Crippen LogP contribution in [0, 0.1) is 40.4 Å². The Balaban J connectivity index is 0.000000917. The van der Waals surface area contributed by atoms with Crippen LogP contribution in [-0.2, 0) is 16.1 Å². The van der Waals surface area contributed by atoms with E-state index >= 15 is 0 Å². The maximum absolute atomic E-state index is 12.3. The molecule has 0 amide bonds. The van der Waals surface area contributed by atoms with E-state index in [0.29, 0.717) is 24.6 Å². The number of carbonyl (C=O) groups is 2. The van der Waals surface area contributed by atoms with E-state index in [1.54, 1.807) is 31.4 Å². The lowest BCUT2D eigenvalue weighted by molar-refractivity contribution is -0.136. The molecular weight excluding hydrogens is 446 g/mol. The fourth-order valence-electron chi connectivity index (χ4n) is 7.92. The van der Waals surface area contributed by atoms with Crippen LogP contribution in [0.5, 0.6) is 0 Å². The van der Waals surface area contributed by atoms with Crippen LogP contribution in [0.3, 0.4) is 0 Å². The van der Waals surface area contributed by atoms with Crippen LogP contribution in [0.1, 0.15) is 52.2 Å². The molecule has 0 saturated heterocycles. The first-order valence-corrected chi connectivity index (χ1v) is 12.8. The predicted molar refractivity (Wildman–Crippen MR) is 130 cm³/mol.